The van der Waals surface area contributed by atoms with Crippen LogP contribution in [0.25, 0.3) is 0 Å². The Bertz CT molecular complexity index is 120. The third-order valence-electron chi connectivity index (χ3n) is 1.82. The molecule has 0 fully saturated rings. The zero-order chi connectivity index (χ0) is 11.4. The van der Waals surface area contributed by atoms with Crippen molar-refractivity contribution in [1.82, 2.24) is 0 Å². The number of halogens is 1. The van der Waals surface area contributed by atoms with Gasteiger partial charge in [0.1, 0.15) is 0 Å². The van der Waals surface area contributed by atoms with Crippen molar-refractivity contribution >= 4 is 15.9 Å². The summed E-state index contributed by atoms with van der Waals surface area (Å²) in [6, 6.07) is 0. The highest BCUT2D eigenvalue weighted by Gasteiger charge is 2.02. The van der Waals surface area contributed by atoms with Gasteiger partial charge in [0.15, 0.2) is 0 Å². The van der Waals surface area contributed by atoms with E-state index in [9.17, 15) is 0 Å². The lowest BCUT2D eigenvalue weighted by Gasteiger charge is -2.12. The first-order chi connectivity index (χ1) is 7.35. The Morgan fingerprint density at radius 3 is 2.20 bits per heavy atom. The predicted octanol–water partition coefficient (Wildman–Crippen LogP) is 1.20. The molecule has 0 rings (SSSR count). The summed E-state index contributed by atoms with van der Waals surface area (Å²) >= 11 is 3.38. The first-order valence-electron chi connectivity index (χ1n) is 5.29. The van der Waals surface area contributed by atoms with E-state index in [0.29, 0.717) is 33.0 Å². The van der Waals surface area contributed by atoms with Gasteiger partial charge >= 0.3 is 0 Å². The zero-order valence-corrected chi connectivity index (χ0v) is 10.9. The van der Waals surface area contributed by atoms with Crippen LogP contribution in [0.15, 0.2) is 0 Å². The molecule has 0 saturated heterocycles. The number of hydrogen-bond donors (Lipinski definition) is 1. The predicted molar refractivity (Wildman–Crippen MR) is 62.5 cm³/mol. The molecule has 0 radical (unpaired) electrons. The van der Waals surface area contributed by atoms with Crippen molar-refractivity contribution in [1.29, 1.82) is 0 Å². The molecule has 15 heavy (non-hydrogen) atoms. The van der Waals surface area contributed by atoms with E-state index in [-0.39, 0.29) is 12.7 Å². The van der Waals surface area contributed by atoms with Crippen LogP contribution in [0.5, 0.6) is 0 Å². The van der Waals surface area contributed by atoms with E-state index < -0.39 is 0 Å². The van der Waals surface area contributed by atoms with Crippen LogP contribution < -0.4 is 0 Å². The summed E-state index contributed by atoms with van der Waals surface area (Å²) in [7, 11) is 0. The van der Waals surface area contributed by atoms with Gasteiger partial charge in [0.25, 0.3) is 0 Å². The maximum absolute atomic E-state index is 8.43. The second-order valence-electron chi connectivity index (χ2n) is 3.00. The largest absolute Gasteiger partial charge is 0.394 e. The summed E-state index contributed by atoms with van der Waals surface area (Å²) in [5.74, 6) is 0. The molecule has 1 unspecified atom stereocenters. The lowest BCUT2D eigenvalue weighted by molar-refractivity contribution is -0.00906. The maximum atomic E-state index is 8.43. The van der Waals surface area contributed by atoms with Crippen LogP contribution in [-0.2, 0) is 14.2 Å². The summed E-state index contributed by atoms with van der Waals surface area (Å²) in [5.41, 5.74) is 0. The molecular formula is C10H21BrO4. The van der Waals surface area contributed by atoms with Crippen LogP contribution in [0.1, 0.15) is 13.3 Å². The van der Waals surface area contributed by atoms with E-state index in [0.717, 1.165) is 11.8 Å². The first-order valence-corrected chi connectivity index (χ1v) is 6.41. The van der Waals surface area contributed by atoms with E-state index in [1.807, 2.05) is 0 Å². The summed E-state index contributed by atoms with van der Waals surface area (Å²) in [6.07, 6.45) is 1.28. The Hall–Kier alpha value is 0.320. The van der Waals surface area contributed by atoms with Gasteiger partial charge < -0.3 is 19.3 Å². The van der Waals surface area contributed by atoms with Crippen molar-refractivity contribution in [2.75, 3.05) is 45.0 Å². The Labute approximate surface area is 100 Å². The minimum atomic E-state index is 0.0620. The smallest absolute Gasteiger partial charge is 0.0704 e. The van der Waals surface area contributed by atoms with Gasteiger partial charge in [-0.2, -0.15) is 0 Å². The topological polar surface area (TPSA) is 47.9 Å². The molecule has 0 amide bonds. The minimum Gasteiger partial charge on any atom is -0.394 e. The second-order valence-corrected chi connectivity index (χ2v) is 3.65. The number of aliphatic hydroxyl groups excluding tert-OH is 1. The quantitative estimate of drug-likeness (QED) is 0.458. The normalized spacial score (nSPS) is 13.0. The Kier molecular flexibility index (Phi) is 12.7. The van der Waals surface area contributed by atoms with Crippen molar-refractivity contribution in [3.8, 4) is 0 Å². The molecule has 1 N–H and O–H groups in total. The number of alkyl halides is 1. The molecule has 4 nitrogen and oxygen atoms in total. The van der Waals surface area contributed by atoms with E-state index in [1.165, 1.54) is 0 Å². The molecule has 5 heteroatoms. The van der Waals surface area contributed by atoms with Crippen LogP contribution in [0.2, 0.25) is 0 Å². The summed E-state index contributed by atoms with van der Waals surface area (Å²) in [4.78, 5) is 0. The van der Waals surface area contributed by atoms with Crippen molar-refractivity contribution in [3.05, 3.63) is 0 Å². The number of aliphatic hydroxyl groups is 1. The Morgan fingerprint density at radius 2 is 1.67 bits per heavy atom. The van der Waals surface area contributed by atoms with Crippen molar-refractivity contribution in [3.63, 3.8) is 0 Å². The van der Waals surface area contributed by atoms with Gasteiger partial charge in [0.2, 0.25) is 0 Å². The van der Waals surface area contributed by atoms with E-state index in [2.05, 4.69) is 22.9 Å². The molecule has 0 spiro atoms. The number of ether oxygens (including phenoxy) is 3. The Morgan fingerprint density at radius 1 is 1.07 bits per heavy atom. The highest BCUT2D eigenvalue weighted by atomic mass is 79.9. The van der Waals surface area contributed by atoms with Gasteiger partial charge in [-0.05, 0) is 6.42 Å². The second kappa shape index (κ2) is 12.4. The summed E-state index contributed by atoms with van der Waals surface area (Å²) in [5, 5.41) is 9.30. The third kappa shape index (κ3) is 10.6. The van der Waals surface area contributed by atoms with E-state index in [1.54, 1.807) is 0 Å². The van der Waals surface area contributed by atoms with Gasteiger partial charge in [-0.25, -0.2) is 0 Å². The van der Waals surface area contributed by atoms with Gasteiger partial charge in [-0.3, -0.25) is 0 Å². The lowest BCUT2D eigenvalue weighted by Crippen LogP contribution is -2.17. The molecule has 0 aromatic carbocycles. The monoisotopic (exact) mass is 284 g/mol. The van der Waals surface area contributed by atoms with Gasteiger partial charge in [-0.15, -0.1) is 0 Å². The van der Waals surface area contributed by atoms with Crippen LogP contribution in [0.3, 0.4) is 0 Å². The molecule has 0 saturated carbocycles. The Balaban J connectivity index is 3.04. The van der Waals surface area contributed by atoms with Gasteiger partial charge in [0, 0.05) is 5.33 Å². The van der Waals surface area contributed by atoms with Crippen LogP contribution in [-0.4, -0.2) is 56.2 Å². The molecule has 0 heterocycles. The van der Waals surface area contributed by atoms with Gasteiger partial charge in [0.05, 0.1) is 45.7 Å². The zero-order valence-electron chi connectivity index (χ0n) is 9.28. The van der Waals surface area contributed by atoms with E-state index in [4.69, 9.17) is 19.3 Å². The number of hydrogen-bond acceptors (Lipinski definition) is 4. The minimum absolute atomic E-state index is 0.0620. The molecule has 0 aromatic rings. The lowest BCUT2D eigenvalue weighted by atomic mass is 10.3. The summed E-state index contributed by atoms with van der Waals surface area (Å²) in [6.45, 7) is 4.81. The highest BCUT2D eigenvalue weighted by molar-refractivity contribution is 9.09. The van der Waals surface area contributed by atoms with Gasteiger partial charge in [-0.1, -0.05) is 22.9 Å². The fourth-order valence-electron chi connectivity index (χ4n) is 0.932. The fourth-order valence-corrected chi connectivity index (χ4v) is 1.58. The SMILES string of the molecule is CCC(CBr)OCCOCCOCCO. The summed E-state index contributed by atoms with van der Waals surface area (Å²) < 4.78 is 15.8. The van der Waals surface area contributed by atoms with Crippen LogP contribution in [0.4, 0.5) is 0 Å². The van der Waals surface area contributed by atoms with Crippen molar-refractivity contribution < 1.29 is 19.3 Å². The molecule has 0 bridgehead atoms. The van der Waals surface area contributed by atoms with Crippen LogP contribution >= 0.6 is 15.9 Å². The molecule has 0 aliphatic heterocycles. The first kappa shape index (κ1) is 15.3. The van der Waals surface area contributed by atoms with E-state index >= 15 is 0 Å². The average Bonchev–Trinajstić information content (AvgIpc) is 2.27. The molecule has 0 aliphatic carbocycles. The maximum Gasteiger partial charge on any atom is 0.0704 e. The molecule has 0 aliphatic rings. The average molecular weight is 285 g/mol. The molecule has 92 valence electrons. The third-order valence-corrected chi connectivity index (χ3v) is 2.54. The standard InChI is InChI=1S/C10H21BrO4/c1-2-10(9-11)15-8-7-14-6-5-13-4-3-12/h10,12H,2-9H2,1H3. The fraction of sp³-hybridized carbons (Fsp3) is 1.00. The molecule has 0 aromatic heterocycles. The molecule has 1 atom stereocenters. The van der Waals surface area contributed by atoms with Crippen molar-refractivity contribution in [2.24, 2.45) is 0 Å². The number of rotatable bonds is 11. The molecular weight excluding hydrogens is 264 g/mol. The van der Waals surface area contributed by atoms with Crippen molar-refractivity contribution in [2.45, 2.75) is 19.4 Å². The highest BCUT2D eigenvalue weighted by Crippen LogP contribution is 2.01. The van der Waals surface area contributed by atoms with Crippen LogP contribution in [0, 0.1) is 0 Å².